The SMILES string of the molecule is [2H]c1c([2H])c([2H])c(N(c2ccc3c4c(sc3c2)B2c3ccc(-c5ccccc5)cc3N(c3ccccc3)c3cccc-4c32)c2c([2H])c([2H])c([2H])c([2H])c2[2H])c([2H])c1[2H]. The predicted molar refractivity (Wildman–Crippen MR) is 207 cm³/mol. The average Bonchev–Trinajstić information content (AvgIpc) is 3.79. The maximum Gasteiger partial charge on any atom is 0.260 e. The molecule has 0 N–H and O–H groups in total. The van der Waals surface area contributed by atoms with E-state index in [0.717, 1.165) is 59.6 Å². The number of para-hydroxylation sites is 3. The van der Waals surface area contributed by atoms with Crippen molar-refractivity contribution >= 4 is 78.0 Å². The first-order valence-corrected chi connectivity index (χ1v) is 16.5. The van der Waals surface area contributed by atoms with Crippen molar-refractivity contribution in [3.05, 3.63) is 176 Å². The van der Waals surface area contributed by atoms with E-state index in [9.17, 15) is 0 Å². The molecule has 1 aromatic heterocycles. The summed E-state index contributed by atoms with van der Waals surface area (Å²) in [5, 5.41) is 0.947. The van der Waals surface area contributed by atoms with Gasteiger partial charge in [0.25, 0.3) is 6.71 Å². The Morgan fingerprint density at radius 3 is 2.02 bits per heavy atom. The van der Waals surface area contributed by atoms with Crippen LogP contribution in [0.25, 0.3) is 32.3 Å². The molecule has 0 aliphatic carbocycles. The smallest absolute Gasteiger partial charge is 0.260 e. The van der Waals surface area contributed by atoms with Gasteiger partial charge in [-0.2, -0.15) is 0 Å². The van der Waals surface area contributed by atoms with Gasteiger partial charge in [-0.05, 0) is 104 Å². The second-order valence-corrected chi connectivity index (χ2v) is 12.9. The number of fused-ring (bicyclic) bond motifs is 7. The summed E-state index contributed by atoms with van der Waals surface area (Å²) < 4.78 is 87.9. The summed E-state index contributed by atoms with van der Waals surface area (Å²) in [6, 6.07) is 33.3. The van der Waals surface area contributed by atoms with Crippen LogP contribution in [0, 0.1) is 0 Å². The summed E-state index contributed by atoms with van der Waals surface area (Å²) in [5.74, 6) is 0. The Morgan fingerprint density at radius 1 is 0.583 bits per heavy atom. The van der Waals surface area contributed by atoms with Crippen LogP contribution in [0.5, 0.6) is 0 Å². The summed E-state index contributed by atoms with van der Waals surface area (Å²) >= 11 is 1.59. The minimum absolute atomic E-state index is 0.0972. The van der Waals surface area contributed by atoms with Gasteiger partial charge in [-0.3, -0.25) is 0 Å². The molecule has 0 bridgehead atoms. The molecule has 2 aliphatic rings. The van der Waals surface area contributed by atoms with Gasteiger partial charge in [-0.25, -0.2) is 0 Å². The Morgan fingerprint density at radius 2 is 1.29 bits per heavy atom. The monoisotopic (exact) mass is 638 g/mol. The molecule has 10 rings (SSSR count). The summed E-state index contributed by atoms with van der Waals surface area (Å²) in [5.41, 5.74) is 9.60. The Balaban J connectivity index is 1.22. The van der Waals surface area contributed by atoms with Gasteiger partial charge in [-0.1, -0.05) is 115 Å². The van der Waals surface area contributed by atoms with Gasteiger partial charge in [-0.15, -0.1) is 11.3 Å². The van der Waals surface area contributed by atoms with Crippen molar-refractivity contribution in [2.75, 3.05) is 9.80 Å². The van der Waals surface area contributed by atoms with Crippen LogP contribution in [0.15, 0.2) is 176 Å². The second kappa shape index (κ2) is 10.9. The van der Waals surface area contributed by atoms with Crippen LogP contribution < -0.4 is 25.5 Å². The molecule has 0 spiro atoms. The zero-order valence-electron chi connectivity index (χ0n) is 35.3. The Kier molecular flexibility index (Phi) is 4.32. The number of benzene rings is 7. The van der Waals surface area contributed by atoms with E-state index in [1.165, 1.54) is 10.4 Å². The largest absolute Gasteiger partial charge is 0.311 e. The highest BCUT2D eigenvalue weighted by Crippen LogP contribution is 2.46. The van der Waals surface area contributed by atoms with Crippen LogP contribution in [0.4, 0.5) is 34.1 Å². The molecule has 2 nitrogen and oxygen atoms in total. The molecular weight excluding hydrogens is 599 g/mol. The molecule has 0 fully saturated rings. The predicted octanol–water partition coefficient (Wildman–Crippen LogP) is 10.3. The summed E-state index contributed by atoms with van der Waals surface area (Å²) in [6.07, 6.45) is 0. The lowest BCUT2D eigenvalue weighted by molar-refractivity contribution is 1.29. The second-order valence-electron chi connectivity index (χ2n) is 11.8. The summed E-state index contributed by atoms with van der Waals surface area (Å²) in [7, 11) is 0. The van der Waals surface area contributed by atoms with Crippen LogP contribution in [0.1, 0.15) is 13.7 Å². The van der Waals surface area contributed by atoms with Crippen molar-refractivity contribution in [2.45, 2.75) is 0 Å². The standard InChI is InChI=1S/C44H29BN2S/c1-5-14-30(15-6-1)31-24-27-38-40(28-31)47(34-20-11-4-12-21-34)39-23-13-22-37-42-36-26-25-35(29-41(36)48-44(42)45(38)43(37)39)46(32-16-7-2-8-17-32)33-18-9-3-10-19-33/h1-29H/i2D,3D,7D,8D,9D,10D,16D,17D,18D,19D. The molecule has 0 radical (unpaired) electrons. The third-order valence-electron chi connectivity index (χ3n) is 9.23. The highest BCUT2D eigenvalue weighted by atomic mass is 32.1. The first-order chi connectivity index (χ1) is 28.0. The van der Waals surface area contributed by atoms with Crippen LogP contribution >= 0.6 is 11.3 Å². The number of hydrogen-bond acceptors (Lipinski definition) is 3. The zero-order chi connectivity index (χ0) is 40.3. The van der Waals surface area contributed by atoms with Gasteiger partial charge in [0.1, 0.15) is 0 Å². The molecule has 0 atom stereocenters. The highest BCUT2D eigenvalue weighted by molar-refractivity contribution is 7.34. The Labute approximate surface area is 298 Å². The first kappa shape index (κ1) is 19.1. The van der Waals surface area contributed by atoms with Crippen molar-refractivity contribution in [3.8, 4) is 22.3 Å². The number of anilines is 6. The van der Waals surface area contributed by atoms with Gasteiger partial charge in [0.2, 0.25) is 0 Å². The van der Waals surface area contributed by atoms with E-state index in [2.05, 4.69) is 65.6 Å². The number of hydrogen-bond donors (Lipinski definition) is 0. The van der Waals surface area contributed by atoms with Gasteiger partial charge in [0.15, 0.2) is 0 Å². The van der Waals surface area contributed by atoms with Crippen molar-refractivity contribution < 1.29 is 13.7 Å². The minimum Gasteiger partial charge on any atom is -0.311 e. The third-order valence-corrected chi connectivity index (χ3v) is 10.4. The first-order valence-electron chi connectivity index (χ1n) is 20.7. The lowest BCUT2D eigenvalue weighted by Crippen LogP contribution is -2.54. The fraction of sp³-hybridized carbons (Fsp3) is 0. The van der Waals surface area contributed by atoms with Crippen LogP contribution in [0.3, 0.4) is 0 Å². The molecule has 2 aliphatic heterocycles. The van der Waals surface area contributed by atoms with Gasteiger partial charge in [0, 0.05) is 38.8 Å². The van der Waals surface area contributed by atoms with E-state index in [-0.39, 0.29) is 23.8 Å². The lowest BCUT2D eigenvalue weighted by atomic mass is 9.39. The van der Waals surface area contributed by atoms with Crippen LogP contribution in [0.2, 0.25) is 0 Å². The summed E-state index contributed by atoms with van der Waals surface area (Å²) in [4.78, 5) is 3.56. The molecule has 3 heterocycles. The quantitative estimate of drug-likeness (QED) is 0.173. The highest BCUT2D eigenvalue weighted by Gasteiger charge is 2.44. The molecule has 224 valence electrons. The molecule has 0 unspecified atom stereocenters. The normalized spacial score (nSPS) is 15.4. The Bertz CT molecular complexity index is 2920. The van der Waals surface area contributed by atoms with E-state index in [0.29, 0.717) is 0 Å². The average molecular weight is 639 g/mol. The number of thiophene rings is 1. The molecular formula is C44H29BN2S. The van der Waals surface area contributed by atoms with Crippen LogP contribution in [-0.4, -0.2) is 6.71 Å². The van der Waals surface area contributed by atoms with Crippen LogP contribution in [-0.2, 0) is 0 Å². The zero-order valence-corrected chi connectivity index (χ0v) is 26.2. The molecule has 48 heavy (non-hydrogen) atoms. The lowest BCUT2D eigenvalue weighted by Gasteiger charge is -2.36. The molecule has 0 saturated heterocycles. The molecule has 8 aromatic rings. The fourth-order valence-corrected chi connectivity index (χ4v) is 8.66. The minimum atomic E-state index is -0.604. The van der Waals surface area contributed by atoms with E-state index < -0.39 is 60.4 Å². The van der Waals surface area contributed by atoms with E-state index in [1.54, 1.807) is 17.4 Å². The fourth-order valence-electron chi connectivity index (χ4n) is 7.28. The maximum atomic E-state index is 8.90. The maximum absolute atomic E-state index is 8.90. The summed E-state index contributed by atoms with van der Waals surface area (Å²) in [6.45, 7) is -0.0972. The van der Waals surface area contributed by atoms with Gasteiger partial charge >= 0.3 is 0 Å². The van der Waals surface area contributed by atoms with Crippen molar-refractivity contribution in [1.82, 2.24) is 0 Å². The molecule has 0 amide bonds. The van der Waals surface area contributed by atoms with E-state index >= 15 is 0 Å². The van der Waals surface area contributed by atoms with E-state index in [4.69, 9.17) is 13.7 Å². The van der Waals surface area contributed by atoms with Gasteiger partial charge in [0.05, 0.1) is 13.7 Å². The Hall–Kier alpha value is -5.84. The third kappa shape index (κ3) is 4.13. The topological polar surface area (TPSA) is 6.48 Å². The number of nitrogens with zero attached hydrogens (tertiary/aromatic N) is 2. The van der Waals surface area contributed by atoms with Gasteiger partial charge < -0.3 is 9.80 Å². The number of rotatable bonds is 5. The van der Waals surface area contributed by atoms with Crippen molar-refractivity contribution in [1.29, 1.82) is 0 Å². The molecule has 4 heteroatoms. The van der Waals surface area contributed by atoms with Crippen molar-refractivity contribution in [2.24, 2.45) is 0 Å². The van der Waals surface area contributed by atoms with E-state index in [1.807, 2.05) is 48.5 Å². The van der Waals surface area contributed by atoms with Crippen molar-refractivity contribution in [3.63, 3.8) is 0 Å². The molecule has 7 aromatic carbocycles. The molecule has 0 saturated carbocycles.